The van der Waals surface area contributed by atoms with E-state index in [1.54, 1.807) is 13.0 Å². The highest BCUT2D eigenvalue weighted by Crippen LogP contribution is 2.45. The van der Waals surface area contributed by atoms with Crippen molar-refractivity contribution in [2.24, 2.45) is 5.92 Å². The Balaban J connectivity index is 1.60. The number of ether oxygens (including phenoxy) is 1. The molecule has 1 heterocycles. The zero-order chi connectivity index (χ0) is 19.6. The smallest absolute Gasteiger partial charge is 0.401 e. The quantitative estimate of drug-likeness (QED) is 0.490. The molecule has 1 aromatic carbocycles. The van der Waals surface area contributed by atoms with Gasteiger partial charge in [-0.1, -0.05) is 6.92 Å². The zero-order valence-corrected chi connectivity index (χ0v) is 15.4. The first-order chi connectivity index (χ1) is 12.8. The van der Waals surface area contributed by atoms with Crippen molar-refractivity contribution in [3.63, 3.8) is 0 Å². The number of alkyl halides is 3. The van der Waals surface area contributed by atoms with Crippen molar-refractivity contribution < 1.29 is 27.1 Å². The van der Waals surface area contributed by atoms with Gasteiger partial charge in [0, 0.05) is 12.5 Å². The molecule has 0 spiro atoms. The van der Waals surface area contributed by atoms with E-state index in [1.807, 2.05) is 0 Å². The van der Waals surface area contributed by atoms with Gasteiger partial charge in [0.25, 0.3) is 0 Å². The molecule has 2 fully saturated rings. The summed E-state index contributed by atoms with van der Waals surface area (Å²) in [5.41, 5.74) is 0.995. The molecule has 0 unspecified atom stereocenters. The van der Waals surface area contributed by atoms with Crippen molar-refractivity contribution in [3.05, 3.63) is 29.1 Å². The number of benzene rings is 1. The fraction of sp³-hybridized carbons (Fsp3) is 0.650. The van der Waals surface area contributed by atoms with E-state index >= 15 is 0 Å². The van der Waals surface area contributed by atoms with Crippen LogP contribution >= 0.6 is 0 Å². The molecular formula is C20H25F4NO2. The van der Waals surface area contributed by atoms with Gasteiger partial charge in [-0.05, 0) is 62.2 Å². The largest absolute Gasteiger partial charge is 0.493 e. The first-order valence-corrected chi connectivity index (χ1v) is 9.55. The lowest BCUT2D eigenvalue weighted by Gasteiger charge is -2.32. The van der Waals surface area contributed by atoms with Crippen LogP contribution in [0, 0.1) is 11.7 Å². The molecule has 1 aliphatic carbocycles. The van der Waals surface area contributed by atoms with Gasteiger partial charge in [-0.2, -0.15) is 13.2 Å². The summed E-state index contributed by atoms with van der Waals surface area (Å²) in [5.74, 6) is 0.138. The monoisotopic (exact) mass is 387 g/mol. The molecule has 7 heteroatoms. The average Bonchev–Trinajstić information content (AvgIpc) is 3.44. The van der Waals surface area contributed by atoms with Crippen molar-refractivity contribution >= 4 is 5.78 Å². The molecular weight excluding hydrogens is 362 g/mol. The molecule has 150 valence electrons. The standard InChI is InChI=1S/C20H25F4NO2/c1-2-18(26)16-9-15(14-3-4-14)19(10-17(16)21)27-11-13-5-7-25(8-6-13)12-20(22,23)24/h9-10,13-14H,2-8,11-12H2,1H3. The number of carbonyl (C=O) groups is 1. The summed E-state index contributed by atoms with van der Waals surface area (Å²) < 4.78 is 57.6. The molecule has 0 atom stereocenters. The van der Waals surface area contributed by atoms with Crippen molar-refractivity contribution in [3.8, 4) is 5.75 Å². The fourth-order valence-corrected chi connectivity index (χ4v) is 3.59. The Labute approximate surface area is 156 Å². The van der Waals surface area contributed by atoms with Crippen LogP contribution in [0.2, 0.25) is 0 Å². The molecule has 1 aromatic rings. The molecule has 0 amide bonds. The number of nitrogens with zero attached hydrogens (tertiary/aromatic N) is 1. The van der Waals surface area contributed by atoms with Gasteiger partial charge in [-0.3, -0.25) is 9.69 Å². The third-order valence-corrected chi connectivity index (χ3v) is 5.32. The molecule has 1 aliphatic heterocycles. The Morgan fingerprint density at radius 1 is 1.19 bits per heavy atom. The number of carbonyl (C=O) groups excluding carboxylic acids is 1. The van der Waals surface area contributed by atoms with Crippen LogP contribution < -0.4 is 4.74 Å². The molecule has 2 aliphatic rings. The lowest BCUT2D eigenvalue weighted by atomic mass is 9.97. The lowest BCUT2D eigenvalue weighted by molar-refractivity contribution is -0.148. The lowest BCUT2D eigenvalue weighted by Crippen LogP contribution is -2.41. The minimum atomic E-state index is -4.17. The third-order valence-electron chi connectivity index (χ3n) is 5.32. The number of ketones is 1. The maximum absolute atomic E-state index is 14.3. The number of hydrogen-bond acceptors (Lipinski definition) is 3. The van der Waals surface area contributed by atoms with Crippen LogP contribution in [-0.4, -0.2) is 43.1 Å². The number of rotatable bonds is 7. The maximum Gasteiger partial charge on any atom is 0.401 e. The van der Waals surface area contributed by atoms with Crippen LogP contribution in [-0.2, 0) is 0 Å². The van der Waals surface area contributed by atoms with E-state index in [4.69, 9.17) is 4.74 Å². The topological polar surface area (TPSA) is 29.5 Å². The van der Waals surface area contributed by atoms with Gasteiger partial charge in [-0.25, -0.2) is 4.39 Å². The van der Waals surface area contributed by atoms with Gasteiger partial charge in [0.15, 0.2) is 5.78 Å². The Morgan fingerprint density at radius 2 is 1.85 bits per heavy atom. The zero-order valence-electron chi connectivity index (χ0n) is 15.4. The van der Waals surface area contributed by atoms with E-state index in [2.05, 4.69) is 0 Å². The predicted molar refractivity (Wildman–Crippen MR) is 93.7 cm³/mol. The summed E-state index contributed by atoms with van der Waals surface area (Å²) in [6.45, 7) is 1.97. The second kappa shape index (κ2) is 8.17. The highest BCUT2D eigenvalue weighted by molar-refractivity contribution is 5.96. The molecule has 1 saturated carbocycles. The van der Waals surface area contributed by atoms with Crippen LogP contribution in [0.5, 0.6) is 5.75 Å². The Hall–Kier alpha value is -1.63. The van der Waals surface area contributed by atoms with Crippen LogP contribution in [0.1, 0.15) is 60.9 Å². The molecule has 0 N–H and O–H groups in total. The number of likely N-dealkylation sites (tertiary alicyclic amines) is 1. The SMILES string of the molecule is CCC(=O)c1cc(C2CC2)c(OCC2CCN(CC(F)(F)F)CC2)cc1F. The van der Waals surface area contributed by atoms with Gasteiger partial charge >= 0.3 is 6.18 Å². The molecule has 1 saturated heterocycles. The highest BCUT2D eigenvalue weighted by atomic mass is 19.4. The number of Topliss-reactive ketones (excluding diaryl/α,β-unsaturated/α-hetero) is 1. The Bertz CT molecular complexity index is 677. The average molecular weight is 387 g/mol. The van der Waals surface area contributed by atoms with Crippen molar-refractivity contribution in [2.75, 3.05) is 26.2 Å². The number of halogens is 4. The minimum absolute atomic E-state index is 0.118. The molecule has 0 radical (unpaired) electrons. The van der Waals surface area contributed by atoms with Crippen LogP contribution in [0.15, 0.2) is 12.1 Å². The van der Waals surface area contributed by atoms with Crippen LogP contribution in [0.25, 0.3) is 0 Å². The summed E-state index contributed by atoms with van der Waals surface area (Å²) in [5, 5.41) is 0. The van der Waals surface area contributed by atoms with Crippen molar-refractivity contribution in [1.82, 2.24) is 4.90 Å². The van der Waals surface area contributed by atoms with Gasteiger partial charge < -0.3 is 4.74 Å². The molecule has 0 bridgehead atoms. The summed E-state index contributed by atoms with van der Waals surface area (Å²) >= 11 is 0. The van der Waals surface area contributed by atoms with Crippen LogP contribution in [0.3, 0.4) is 0 Å². The predicted octanol–water partition coefficient (Wildman–Crippen LogP) is 4.95. The number of hydrogen-bond donors (Lipinski definition) is 0. The first kappa shape index (κ1) is 20.1. The minimum Gasteiger partial charge on any atom is -0.493 e. The second-order valence-electron chi connectivity index (χ2n) is 7.57. The Kier molecular flexibility index (Phi) is 6.08. The van der Waals surface area contributed by atoms with E-state index in [-0.39, 0.29) is 23.7 Å². The molecule has 3 nitrogen and oxygen atoms in total. The summed E-state index contributed by atoms with van der Waals surface area (Å²) in [6, 6.07) is 2.93. The highest BCUT2D eigenvalue weighted by Gasteiger charge is 2.33. The fourth-order valence-electron chi connectivity index (χ4n) is 3.59. The summed E-state index contributed by atoms with van der Waals surface area (Å²) in [4.78, 5) is 13.3. The van der Waals surface area contributed by atoms with Gasteiger partial charge in [0.05, 0.1) is 18.7 Å². The van der Waals surface area contributed by atoms with E-state index in [9.17, 15) is 22.4 Å². The van der Waals surface area contributed by atoms with Gasteiger partial charge in [-0.15, -0.1) is 0 Å². The van der Waals surface area contributed by atoms with Crippen LogP contribution in [0.4, 0.5) is 17.6 Å². The van der Waals surface area contributed by atoms with Crippen molar-refractivity contribution in [1.29, 1.82) is 0 Å². The molecule has 3 rings (SSSR count). The van der Waals surface area contributed by atoms with E-state index in [1.165, 1.54) is 11.0 Å². The summed E-state index contributed by atoms with van der Waals surface area (Å²) in [6.07, 6.45) is -0.669. The van der Waals surface area contributed by atoms with E-state index in [0.29, 0.717) is 44.2 Å². The third kappa shape index (κ3) is 5.43. The molecule has 27 heavy (non-hydrogen) atoms. The van der Waals surface area contributed by atoms with E-state index < -0.39 is 18.5 Å². The second-order valence-corrected chi connectivity index (χ2v) is 7.57. The molecule has 0 aromatic heterocycles. The summed E-state index contributed by atoms with van der Waals surface area (Å²) in [7, 11) is 0. The van der Waals surface area contributed by atoms with Crippen molar-refractivity contribution in [2.45, 2.75) is 51.1 Å². The number of piperidine rings is 1. The van der Waals surface area contributed by atoms with Gasteiger partial charge in [0.2, 0.25) is 0 Å². The van der Waals surface area contributed by atoms with Gasteiger partial charge in [0.1, 0.15) is 11.6 Å². The van der Waals surface area contributed by atoms with E-state index in [0.717, 1.165) is 18.4 Å². The maximum atomic E-state index is 14.3. The first-order valence-electron chi connectivity index (χ1n) is 9.55. The Morgan fingerprint density at radius 3 is 2.41 bits per heavy atom. The normalized spacial score (nSPS) is 19.3.